The van der Waals surface area contributed by atoms with E-state index in [0.717, 1.165) is 16.0 Å². The van der Waals surface area contributed by atoms with Gasteiger partial charge in [-0.1, -0.05) is 48.5 Å². The summed E-state index contributed by atoms with van der Waals surface area (Å²) in [4.78, 5) is 24.1. The van der Waals surface area contributed by atoms with Crippen LogP contribution >= 0.6 is 0 Å². The summed E-state index contributed by atoms with van der Waals surface area (Å²) in [5, 5.41) is 19.6. The molecule has 202 valence electrons. The summed E-state index contributed by atoms with van der Waals surface area (Å²) >= 11 is 0. The van der Waals surface area contributed by atoms with Crippen LogP contribution in [0.15, 0.2) is 72.8 Å². The number of carboxylic acid groups (broad SMARTS) is 1. The van der Waals surface area contributed by atoms with Gasteiger partial charge in [0.15, 0.2) is 27.0 Å². The highest BCUT2D eigenvalue weighted by atomic mass is 32.2. The number of sulfone groups is 1. The summed E-state index contributed by atoms with van der Waals surface area (Å²) in [5.74, 6) is 0.139. The second-order valence-corrected chi connectivity index (χ2v) is 11.5. The molecule has 0 bridgehead atoms. The van der Waals surface area contributed by atoms with Crippen molar-refractivity contribution in [3.05, 3.63) is 83.9 Å². The molecule has 2 heterocycles. The Morgan fingerprint density at radius 1 is 1.03 bits per heavy atom. The van der Waals surface area contributed by atoms with Crippen LogP contribution in [0.3, 0.4) is 0 Å². The fourth-order valence-corrected chi connectivity index (χ4v) is 6.11. The SMILES string of the molecule is Cc1ccc2c(N3CCN(C(=O)O)C(S(=O)(=O)COCc4ccccc4)C3)nc(-c3ccccc3O)nc2c1. The quantitative estimate of drug-likeness (QED) is 0.351. The molecule has 1 atom stereocenters. The van der Waals surface area contributed by atoms with E-state index in [1.165, 1.54) is 0 Å². The molecule has 0 aliphatic carbocycles. The van der Waals surface area contributed by atoms with Crippen molar-refractivity contribution in [2.24, 2.45) is 0 Å². The number of ether oxygens (including phenoxy) is 1. The summed E-state index contributed by atoms with van der Waals surface area (Å²) in [7, 11) is -4.02. The minimum atomic E-state index is -4.02. The third kappa shape index (κ3) is 5.64. The van der Waals surface area contributed by atoms with E-state index in [1.54, 1.807) is 29.2 Å². The Hall–Kier alpha value is -4.22. The van der Waals surface area contributed by atoms with E-state index in [4.69, 9.17) is 9.72 Å². The van der Waals surface area contributed by atoms with Gasteiger partial charge in [-0.3, -0.25) is 4.90 Å². The maximum Gasteiger partial charge on any atom is 0.408 e. The lowest BCUT2D eigenvalue weighted by Gasteiger charge is -2.40. The van der Waals surface area contributed by atoms with E-state index in [-0.39, 0.29) is 37.8 Å². The molecule has 1 amide bonds. The van der Waals surface area contributed by atoms with Crippen LogP contribution in [0.5, 0.6) is 5.75 Å². The number of aryl methyl sites for hydroxylation is 1. The van der Waals surface area contributed by atoms with Gasteiger partial charge < -0.3 is 19.8 Å². The van der Waals surface area contributed by atoms with E-state index >= 15 is 0 Å². The number of aromatic nitrogens is 2. The van der Waals surface area contributed by atoms with Gasteiger partial charge >= 0.3 is 6.09 Å². The molecule has 39 heavy (non-hydrogen) atoms. The van der Waals surface area contributed by atoms with E-state index in [9.17, 15) is 23.4 Å². The second kappa shape index (κ2) is 10.9. The Morgan fingerprint density at radius 2 is 1.77 bits per heavy atom. The van der Waals surface area contributed by atoms with Crippen molar-refractivity contribution in [2.75, 3.05) is 30.5 Å². The molecule has 2 N–H and O–H groups in total. The highest BCUT2D eigenvalue weighted by Crippen LogP contribution is 2.33. The number of phenols is 1. The topological polar surface area (TPSA) is 133 Å². The van der Waals surface area contributed by atoms with Crippen LogP contribution in [0.1, 0.15) is 11.1 Å². The minimum Gasteiger partial charge on any atom is -0.507 e. The molecule has 0 saturated carbocycles. The number of rotatable bonds is 7. The standard InChI is InChI=1S/C28H28N4O6S/c1-19-11-12-21-23(15-19)29-26(22-9-5-6-10-24(22)33)30-27(21)31-13-14-32(28(34)35)25(16-31)39(36,37)18-38-17-20-7-3-2-4-8-20/h2-12,15,25,33H,13-14,16-18H2,1H3,(H,34,35). The molecule has 1 aliphatic rings. The number of hydrogen-bond donors (Lipinski definition) is 2. The highest BCUT2D eigenvalue weighted by molar-refractivity contribution is 7.91. The number of anilines is 1. The van der Waals surface area contributed by atoms with Gasteiger partial charge in [-0.15, -0.1) is 0 Å². The van der Waals surface area contributed by atoms with Gasteiger partial charge in [-0.25, -0.2) is 23.2 Å². The first-order chi connectivity index (χ1) is 18.7. The Labute approximate surface area is 226 Å². The van der Waals surface area contributed by atoms with Crippen molar-refractivity contribution in [1.29, 1.82) is 0 Å². The van der Waals surface area contributed by atoms with Gasteiger partial charge in [0.25, 0.3) is 0 Å². The van der Waals surface area contributed by atoms with Gasteiger partial charge in [0.05, 0.1) is 24.2 Å². The number of hydrogen-bond acceptors (Lipinski definition) is 8. The Bertz CT molecular complexity index is 1610. The molecule has 1 fully saturated rings. The van der Waals surface area contributed by atoms with Gasteiger partial charge in [-0.2, -0.15) is 0 Å². The zero-order chi connectivity index (χ0) is 27.6. The average molecular weight is 549 g/mol. The summed E-state index contributed by atoms with van der Waals surface area (Å²) in [6.07, 6.45) is -1.32. The Balaban J connectivity index is 1.49. The van der Waals surface area contributed by atoms with Crippen LogP contribution in [-0.4, -0.2) is 70.5 Å². The molecule has 4 aromatic rings. The normalized spacial score (nSPS) is 16.0. The van der Waals surface area contributed by atoms with Crippen LogP contribution in [-0.2, 0) is 21.2 Å². The molecule has 1 aromatic heterocycles. The van der Waals surface area contributed by atoms with E-state index in [1.807, 2.05) is 55.5 Å². The minimum absolute atomic E-state index is 0.0159. The first-order valence-corrected chi connectivity index (χ1v) is 14.1. The summed E-state index contributed by atoms with van der Waals surface area (Å²) < 4.78 is 32.3. The maximum atomic E-state index is 13.4. The Kier molecular flexibility index (Phi) is 7.36. The fourth-order valence-electron chi connectivity index (χ4n) is 4.65. The van der Waals surface area contributed by atoms with E-state index in [2.05, 4.69) is 4.98 Å². The van der Waals surface area contributed by atoms with Crippen LogP contribution in [0.4, 0.5) is 10.6 Å². The number of carbonyl (C=O) groups is 1. The first-order valence-electron chi connectivity index (χ1n) is 12.4. The largest absolute Gasteiger partial charge is 0.507 e. The lowest BCUT2D eigenvalue weighted by molar-refractivity contribution is 0.130. The number of benzene rings is 3. The number of fused-ring (bicyclic) bond motifs is 1. The van der Waals surface area contributed by atoms with Gasteiger partial charge in [0.1, 0.15) is 11.6 Å². The Morgan fingerprint density at radius 3 is 2.51 bits per heavy atom. The lowest BCUT2D eigenvalue weighted by Crippen LogP contribution is -2.58. The number of para-hydroxylation sites is 1. The van der Waals surface area contributed by atoms with Gasteiger partial charge in [0, 0.05) is 18.5 Å². The van der Waals surface area contributed by atoms with Crippen molar-refractivity contribution in [3.8, 4) is 17.1 Å². The zero-order valence-electron chi connectivity index (χ0n) is 21.3. The molecular formula is C28H28N4O6S. The van der Waals surface area contributed by atoms with Crippen LogP contribution in [0, 0.1) is 6.92 Å². The van der Waals surface area contributed by atoms with Crippen molar-refractivity contribution >= 4 is 32.7 Å². The fraction of sp³-hybridized carbons (Fsp3) is 0.250. The summed E-state index contributed by atoms with van der Waals surface area (Å²) in [6, 6.07) is 21.5. The van der Waals surface area contributed by atoms with Crippen LogP contribution in [0.25, 0.3) is 22.3 Å². The molecule has 1 aliphatic heterocycles. The molecule has 0 radical (unpaired) electrons. The molecule has 11 heteroatoms. The maximum absolute atomic E-state index is 13.4. The van der Waals surface area contributed by atoms with E-state index < -0.39 is 27.2 Å². The predicted molar refractivity (Wildman–Crippen MR) is 147 cm³/mol. The molecular weight excluding hydrogens is 520 g/mol. The second-order valence-electron chi connectivity index (χ2n) is 9.40. The predicted octanol–water partition coefficient (Wildman–Crippen LogP) is 4.03. The first kappa shape index (κ1) is 26.4. The number of piperazine rings is 1. The summed E-state index contributed by atoms with van der Waals surface area (Å²) in [6.45, 7) is 2.07. The summed E-state index contributed by atoms with van der Waals surface area (Å²) in [5.41, 5.74) is 2.85. The monoisotopic (exact) mass is 548 g/mol. The molecule has 10 nitrogen and oxygen atoms in total. The molecule has 3 aromatic carbocycles. The van der Waals surface area contributed by atoms with E-state index in [0.29, 0.717) is 22.3 Å². The third-order valence-corrected chi connectivity index (χ3v) is 8.36. The lowest BCUT2D eigenvalue weighted by atomic mass is 10.1. The average Bonchev–Trinajstić information content (AvgIpc) is 2.92. The zero-order valence-corrected chi connectivity index (χ0v) is 22.1. The molecule has 5 rings (SSSR count). The number of nitrogens with zero attached hydrogens (tertiary/aromatic N) is 4. The van der Waals surface area contributed by atoms with Gasteiger partial charge in [-0.05, 0) is 42.3 Å². The van der Waals surface area contributed by atoms with Crippen molar-refractivity contribution in [1.82, 2.24) is 14.9 Å². The molecule has 0 spiro atoms. The number of amides is 1. The molecule has 1 unspecified atom stereocenters. The third-order valence-electron chi connectivity index (χ3n) is 6.63. The van der Waals surface area contributed by atoms with Crippen LogP contribution < -0.4 is 4.90 Å². The van der Waals surface area contributed by atoms with Crippen molar-refractivity contribution in [2.45, 2.75) is 18.9 Å². The van der Waals surface area contributed by atoms with Crippen LogP contribution in [0.2, 0.25) is 0 Å². The van der Waals surface area contributed by atoms with Crippen molar-refractivity contribution < 1.29 is 28.2 Å². The smallest absolute Gasteiger partial charge is 0.408 e. The van der Waals surface area contributed by atoms with Crippen molar-refractivity contribution in [3.63, 3.8) is 0 Å². The number of aromatic hydroxyl groups is 1. The highest BCUT2D eigenvalue weighted by Gasteiger charge is 2.40. The molecule has 1 saturated heterocycles. The van der Waals surface area contributed by atoms with Gasteiger partial charge in [0.2, 0.25) is 0 Å². The number of phenolic OH excluding ortho intramolecular Hbond substituents is 1.